The molecule has 0 aliphatic carbocycles. The molecule has 2 aromatic rings. The maximum absolute atomic E-state index is 14.3. The second-order valence-corrected chi connectivity index (χ2v) is 10.2. The van der Waals surface area contributed by atoms with Crippen LogP contribution in [0.5, 0.6) is 11.5 Å². The summed E-state index contributed by atoms with van der Waals surface area (Å²) < 4.78 is 19.8. The molecule has 218 valence electrons. The molecule has 12 heteroatoms. The predicted octanol–water partition coefficient (Wildman–Crippen LogP) is 2.70. The Morgan fingerprint density at radius 3 is 2.10 bits per heavy atom. The molecule has 2 fully saturated rings. The summed E-state index contributed by atoms with van der Waals surface area (Å²) in [7, 11) is 0. The Morgan fingerprint density at radius 1 is 1.02 bits per heavy atom. The molecule has 0 radical (unpaired) electrons. The summed E-state index contributed by atoms with van der Waals surface area (Å²) in [5, 5.41) is 55.3. The van der Waals surface area contributed by atoms with Gasteiger partial charge >= 0.3 is 17.9 Å². The van der Waals surface area contributed by atoms with E-state index in [1.165, 1.54) is 6.07 Å². The van der Waals surface area contributed by atoms with Gasteiger partial charge in [-0.1, -0.05) is 18.2 Å². The molecule has 40 heavy (non-hydrogen) atoms. The van der Waals surface area contributed by atoms with E-state index in [9.17, 15) is 29.0 Å². The number of aromatic hydroxyl groups is 1. The number of carboxylic acids is 3. The number of hydrogen-bond donors (Lipinski definition) is 6. The second-order valence-electron chi connectivity index (χ2n) is 10.2. The monoisotopic (exact) mass is 563 g/mol. The fourth-order valence-corrected chi connectivity index (χ4v) is 5.49. The highest BCUT2D eigenvalue weighted by molar-refractivity contribution is 5.88. The summed E-state index contributed by atoms with van der Waals surface area (Å²) in [5.74, 6) is -4.35. The van der Waals surface area contributed by atoms with Crippen molar-refractivity contribution in [1.29, 1.82) is 0 Å². The lowest BCUT2D eigenvalue weighted by atomic mass is 9.80. The van der Waals surface area contributed by atoms with E-state index >= 15 is 0 Å². The molecule has 2 unspecified atom stereocenters. The number of nitrogens with zero attached hydrogens (tertiary/aromatic N) is 1. The van der Waals surface area contributed by atoms with Crippen LogP contribution in [0.3, 0.4) is 0 Å². The van der Waals surface area contributed by atoms with Crippen LogP contribution in [-0.4, -0.2) is 77.7 Å². The molecule has 0 aromatic heterocycles. The summed E-state index contributed by atoms with van der Waals surface area (Å²) in [5.41, 5.74) is -2.63. The molecule has 2 aromatic carbocycles. The zero-order valence-electron chi connectivity index (χ0n) is 22.0. The number of aliphatic hydroxyl groups is 2. The summed E-state index contributed by atoms with van der Waals surface area (Å²) in [6.45, 7) is 3.12. The van der Waals surface area contributed by atoms with Crippen LogP contribution in [0.25, 0.3) is 0 Å². The van der Waals surface area contributed by atoms with Crippen LogP contribution in [-0.2, 0) is 26.5 Å². The largest absolute Gasteiger partial charge is 0.508 e. The average Bonchev–Trinajstić information content (AvgIpc) is 3.09. The van der Waals surface area contributed by atoms with E-state index in [1.54, 1.807) is 30.3 Å². The Kier molecular flexibility index (Phi) is 9.72. The van der Waals surface area contributed by atoms with Gasteiger partial charge in [0.2, 0.25) is 0 Å². The van der Waals surface area contributed by atoms with Gasteiger partial charge in [0.15, 0.2) is 5.60 Å². The van der Waals surface area contributed by atoms with Gasteiger partial charge in [0.05, 0.1) is 25.0 Å². The number of phenolic OH excluding ortho intramolecular Hbond substituents is 1. The van der Waals surface area contributed by atoms with E-state index in [2.05, 4.69) is 4.90 Å². The van der Waals surface area contributed by atoms with Crippen molar-refractivity contribution < 1.29 is 54.2 Å². The van der Waals surface area contributed by atoms with E-state index in [0.717, 1.165) is 24.2 Å². The number of rotatable bonds is 10. The molecule has 2 aliphatic rings. The van der Waals surface area contributed by atoms with Crippen LogP contribution < -0.4 is 4.74 Å². The van der Waals surface area contributed by atoms with Gasteiger partial charge in [-0.15, -0.1) is 0 Å². The van der Waals surface area contributed by atoms with Crippen LogP contribution in [0.2, 0.25) is 0 Å². The van der Waals surface area contributed by atoms with E-state index in [0.29, 0.717) is 31.6 Å². The van der Waals surface area contributed by atoms with Crippen molar-refractivity contribution in [1.82, 2.24) is 4.90 Å². The number of hydrogen-bond acceptors (Lipinski definition) is 8. The van der Waals surface area contributed by atoms with Gasteiger partial charge in [0.1, 0.15) is 17.3 Å². The Hall–Kier alpha value is -3.74. The zero-order valence-corrected chi connectivity index (χ0v) is 22.0. The summed E-state index contributed by atoms with van der Waals surface area (Å²) >= 11 is 0. The molecule has 2 heterocycles. The number of halogens is 1. The second kappa shape index (κ2) is 12.6. The van der Waals surface area contributed by atoms with E-state index in [1.807, 2.05) is 13.0 Å². The lowest BCUT2D eigenvalue weighted by molar-refractivity contribution is -0.170. The molecule has 0 saturated carbocycles. The lowest BCUT2D eigenvalue weighted by Gasteiger charge is -2.44. The first-order valence-electron chi connectivity index (χ1n) is 12.8. The SMILES string of the molecule is CCOc1ccc(O)c(CN2C3CCC2CC(O)(c2ccccc2F)C3)c1.O=C(O)CC(O)(CC(=O)O)C(=O)O. The highest BCUT2D eigenvalue weighted by Gasteiger charge is 2.49. The molecule has 4 rings (SSSR count). The fraction of sp³-hybridized carbons (Fsp3) is 0.464. The van der Waals surface area contributed by atoms with E-state index in [-0.39, 0.29) is 23.7 Å². The molecule has 11 nitrogen and oxygen atoms in total. The van der Waals surface area contributed by atoms with Crippen LogP contribution in [0.15, 0.2) is 42.5 Å². The molecular formula is C28H34FNO10. The minimum Gasteiger partial charge on any atom is -0.508 e. The predicted molar refractivity (Wildman–Crippen MR) is 138 cm³/mol. The Morgan fingerprint density at radius 2 is 1.60 bits per heavy atom. The van der Waals surface area contributed by atoms with Crippen molar-refractivity contribution in [2.24, 2.45) is 0 Å². The lowest BCUT2D eigenvalue weighted by Crippen LogP contribution is -2.49. The Bertz CT molecular complexity index is 1210. The first-order valence-corrected chi connectivity index (χ1v) is 12.8. The first kappa shape index (κ1) is 30.8. The minimum absolute atomic E-state index is 0.170. The number of piperidine rings is 1. The maximum atomic E-state index is 14.3. The number of fused-ring (bicyclic) bond motifs is 2. The minimum atomic E-state index is -2.74. The fourth-order valence-electron chi connectivity index (χ4n) is 5.49. The maximum Gasteiger partial charge on any atom is 0.336 e. The van der Waals surface area contributed by atoms with Crippen LogP contribution in [0.1, 0.15) is 56.6 Å². The molecule has 2 aliphatic heterocycles. The van der Waals surface area contributed by atoms with Gasteiger partial charge in [-0.2, -0.15) is 0 Å². The topological polar surface area (TPSA) is 185 Å². The summed E-state index contributed by atoms with van der Waals surface area (Å²) in [6, 6.07) is 12.2. The standard InChI is InChI=1S/C22H26FNO3.C6H8O7/c1-2-27-18-9-10-21(25)15(11-18)14-24-16-7-8-17(24)13-22(26,12-16)19-5-3-4-6-20(19)23;7-3(8)1-6(13,5(11)12)2-4(9)10/h3-6,9-11,16-17,25-26H,2,7-8,12-14H2,1H3;13H,1-2H2,(H,7,8)(H,9,10)(H,11,12). The third-order valence-electron chi connectivity index (χ3n) is 7.29. The van der Waals surface area contributed by atoms with Gasteiger partial charge in [-0.05, 0) is 56.9 Å². The van der Waals surface area contributed by atoms with Gasteiger partial charge in [0.25, 0.3) is 0 Å². The average molecular weight is 564 g/mol. The molecule has 6 N–H and O–H groups in total. The number of carbonyl (C=O) groups is 3. The highest BCUT2D eigenvalue weighted by Crippen LogP contribution is 2.47. The van der Waals surface area contributed by atoms with Crippen molar-refractivity contribution in [2.75, 3.05) is 6.61 Å². The molecule has 2 saturated heterocycles. The number of carboxylic acid groups (broad SMARTS) is 3. The van der Waals surface area contributed by atoms with Crippen molar-refractivity contribution in [3.8, 4) is 11.5 Å². The van der Waals surface area contributed by atoms with Crippen LogP contribution >= 0.6 is 0 Å². The van der Waals surface area contributed by atoms with Gasteiger partial charge in [-0.3, -0.25) is 14.5 Å². The summed E-state index contributed by atoms with van der Waals surface area (Å²) in [4.78, 5) is 32.8. The van der Waals surface area contributed by atoms with E-state index < -0.39 is 42.0 Å². The van der Waals surface area contributed by atoms with Crippen LogP contribution in [0, 0.1) is 5.82 Å². The zero-order chi connectivity index (χ0) is 29.7. The number of aliphatic carboxylic acids is 3. The molecule has 2 bridgehead atoms. The molecule has 0 amide bonds. The summed E-state index contributed by atoms with van der Waals surface area (Å²) in [6.07, 6.45) is 0.691. The number of benzene rings is 2. The van der Waals surface area contributed by atoms with Gasteiger partial charge in [-0.25, -0.2) is 9.18 Å². The van der Waals surface area contributed by atoms with Crippen molar-refractivity contribution in [2.45, 2.75) is 75.3 Å². The smallest absolute Gasteiger partial charge is 0.336 e. The normalized spacial score (nSPS) is 22.2. The van der Waals surface area contributed by atoms with E-state index in [4.69, 9.17) is 25.2 Å². The van der Waals surface area contributed by atoms with Gasteiger partial charge in [0, 0.05) is 29.8 Å². The third-order valence-corrected chi connectivity index (χ3v) is 7.29. The van der Waals surface area contributed by atoms with Crippen molar-refractivity contribution in [3.63, 3.8) is 0 Å². The van der Waals surface area contributed by atoms with Crippen molar-refractivity contribution in [3.05, 3.63) is 59.4 Å². The molecule has 2 atom stereocenters. The third kappa shape index (κ3) is 7.26. The quantitative estimate of drug-likeness (QED) is 0.250. The first-order chi connectivity index (χ1) is 18.8. The highest BCUT2D eigenvalue weighted by atomic mass is 19.1. The van der Waals surface area contributed by atoms with Crippen molar-refractivity contribution >= 4 is 17.9 Å². The number of phenols is 1. The Balaban J connectivity index is 0.000000289. The van der Waals surface area contributed by atoms with Gasteiger partial charge < -0.3 is 35.4 Å². The molecular weight excluding hydrogens is 529 g/mol. The Labute approximate surface area is 230 Å². The van der Waals surface area contributed by atoms with Crippen LogP contribution in [0.4, 0.5) is 4.39 Å². The molecule has 0 spiro atoms. The number of ether oxygens (including phenoxy) is 1.